The molecular formula is C10H14BrN3O3S. The standard InChI is InChI=1S/C10H14BrN3O3S/c11-8-3-2-7(6-9(8)12)10(15)14-4-1-5-18(13,16)17/h2-3,6H,1,4-5,12H2,(H,14,15)(H2,13,16,17). The third-order valence-corrected chi connectivity index (χ3v) is 3.73. The molecule has 1 amide bonds. The van der Waals surface area contributed by atoms with Crippen molar-refractivity contribution in [1.82, 2.24) is 5.32 Å². The van der Waals surface area contributed by atoms with E-state index in [-0.39, 0.29) is 24.6 Å². The van der Waals surface area contributed by atoms with Crippen molar-refractivity contribution in [1.29, 1.82) is 0 Å². The Balaban J connectivity index is 2.48. The van der Waals surface area contributed by atoms with E-state index < -0.39 is 10.0 Å². The summed E-state index contributed by atoms with van der Waals surface area (Å²) < 4.78 is 22.1. The van der Waals surface area contributed by atoms with E-state index in [2.05, 4.69) is 21.2 Å². The molecule has 0 atom stereocenters. The highest BCUT2D eigenvalue weighted by atomic mass is 79.9. The van der Waals surface area contributed by atoms with Crippen molar-refractivity contribution in [2.24, 2.45) is 5.14 Å². The molecule has 0 aliphatic carbocycles. The number of hydrogen-bond donors (Lipinski definition) is 3. The van der Waals surface area contributed by atoms with Gasteiger partial charge in [-0.3, -0.25) is 4.79 Å². The first-order valence-corrected chi connectivity index (χ1v) is 7.64. The molecule has 1 rings (SSSR count). The molecule has 0 saturated carbocycles. The van der Waals surface area contributed by atoms with E-state index in [1.165, 1.54) is 0 Å². The SMILES string of the molecule is Nc1cc(C(=O)NCCCS(N)(=O)=O)ccc1Br. The van der Waals surface area contributed by atoms with Gasteiger partial charge in [-0.05, 0) is 40.5 Å². The van der Waals surface area contributed by atoms with E-state index in [0.717, 1.165) is 0 Å². The van der Waals surface area contributed by atoms with E-state index in [1.54, 1.807) is 18.2 Å². The molecule has 0 fully saturated rings. The first kappa shape index (κ1) is 14.9. The van der Waals surface area contributed by atoms with Crippen LogP contribution >= 0.6 is 15.9 Å². The molecule has 0 aliphatic heterocycles. The van der Waals surface area contributed by atoms with Gasteiger partial charge in [0.1, 0.15) is 0 Å². The van der Waals surface area contributed by atoms with Crippen LogP contribution in [0.3, 0.4) is 0 Å². The summed E-state index contributed by atoms with van der Waals surface area (Å²) >= 11 is 3.23. The number of carbonyl (C=O) groups excluding carboxylic acids is 1. The first-order chi connectivity index (χ1) is 8.29. The average Bonchev–Trinajstić information content (AvgIpc) is 2.26. The van der Waals surface area contributed by atoms with Gasteiger partial charge in [0.2, 0.25) is 10.0 Å². The number of nitrogen functional groups attached to an aromatic ring is 1. The summed E-state index contributed by atoms with van der Waals surface area (Å²) in [4.78, 5) is 11.7. The van der Waals surface area contributed by atoms with Crippen LogP contribution in [0.25, 0.3) is 0 Å². The van der Waals surface area contributed by atoms with Gasteiger partial charge in [-0.25, -0.2) is 13.6 Å². The normalized spacial score (nSPS) is 11.2. The summed E-state index contributed by atoms with van der Waals surface area (Å²) in [6, 6.07) is 4.84. The van der Waals surface area contributed by atoms with Gasteiger partial charge in [0, 0.05) is 22.3 Å². The lowest BCUT2D eigenvalue weighted by Crippen LogP contribution is -2.27. The maximum atomic E-state index is 11.7. The van der Waals surface area contributed by atoms with Crippen molar-refractivity contribution >= 4 is 37.5 Å². The Labute approximate surface area is 114 Å². The van der Waals surface area contributed by atoms with Crippen LogP contribution < -0.4 is 16.2 Å². The molecular weight excluding hydrogens is 322 g/mol. The van der Waals surface area contributed by atoms with Crippen molar-refractivity contribution in [3.63, 3.8) is 0 Å². The molecule has 0 aromatic heterocycles. The molecule has 0 bridgehead atoms. The lowest BCUT2D eigenvalue weighted by molar-refractivity contribution is 0.0953. The number of halogens is 1. The summed E-state index contributed by atoms with van der Waals surface area (Å²) in [6.45, 7) is 0.241. The molecule has 1 aromatic rings. The van der Waals surface area contributed by atoms with Crippen LogP contribution in [-0.2, 0) is 10.0 Å². The minimum atomic E-state index is -3.48. The molecule has 5 N–H and O–H groups in total. The van der Waals surface area contributed by atoms with E-state index >= 15 is 0 Å². The topological polar surface area (TPSA) is 115 Å². The molecule has 1 aromatic carbocycles. The molecule has 0 saturated heterocycles. The maximum Gasteiger partial charge on any atom is 0.251 e. The van der Waals surface area contributed by atoms with Gasteiger partial charge >= 0.3 is 0 Å². The number of rotatable bonds is 5. The Kier molecular flexibility index (Phi) is 5.12. The fourth-order valence-corrected chi connectivity index (χ4v) is 2.06. The number of hydrogen-bond acceptors (Lipinski definition) is 4. The quantitative estimate of drug-likeness (QED) is 0.534. The second-order valence-corrected chi connectivity index (χ2v) is 6.30. The zero-order chi connectivity index (χ0) is 13.8. The molecule has 0 unspecified atom stereocenters. The number of anilines is 1. The summed E-state index contributed by atoms with van der Waals surface area (Å²) in [5.41, 5.74) is 6.54. The lowest BCUT2D eigenvalue weighted by atomic mass is 10.2. The van der Waals surface area contributed by atoms with Crippen molar-refractivity contribution in [3.05, 3.63) is 28.2 Å². The Morgan fingerprint density at radius 3 is 2.61 bits per heavy atom. The van der Waals surface area contributed by atoms with Crippen LogP contribution in [0.5, 0.6) is 0 Å². The maximum absolute atomic E-state index is 11.7. The third kappa shape index (κ3) is 5.03. The number of primary sulfonamides is 1. The Morgan fingerprint density at radius 2 is 2.06 bits per heavy atom. The zero-order valence-corrected chi connectivity index (χ0v) is 11.9. The van der Waals surface area contributed by atoms with Crippen molar-refractivity contribution in [2.75, 3.05) is 18.0 Å². The van der Waals surface area contributed by atoms with E-state index in [9.17, 15) is 13.2 Å². The zero-order valence-electron chi connectivity index (χ0n) is 9.52. The number of nitrogens with one attached hydrogen (secondary N) is 1. The van der Waals surface area contributed by atoms with Gasteiger partial charge < -0.3 is 11.1 Å². The predicted molar refractivity (Wildman–Crippen MR) is 73.5 cm³/mol. The third-order valence-electron chi connectivity index (χ3n) is 2.15. The average molecular weight is 336 g/mol. The van der Waals surface area contributed by atoms with Crippen molar-refractivity contribution in [2.45, 2.75) is 6.42 Å². The summed E-state index contributed by atoms with van der Waals surface area (Å²) in [5, 5.41) is 7.43. The fraction of sp³-hybridized carbons (Fsp3) is 0.300. The van der Waals surface area contributed by atoms with Crippen LogP contribution in [0.2, 0.25) is 0 Å². The summed E-state index contributed by atoms with van der Waals surface area (Å²) in [6.07, 6.45) is 0.274. The minimum Gasteiger partial charge on any atom is -0.398 e. The highest BCUT2D eigenvalue weighted by molar-refractivity contribution is 9.10. The van der Waals surface area contributed by atoms with Crippen LogP contribution in [-0.4, -0.2) is 26.6 Å². The van der Waals surface area contributed by atoms with Crippen LogP contribution in [0, 0.1) is 0 Å². The number of benzene rings is 1. The smallest absolute Gasteiger partial charge is 0.251 e. The van der Waals surface area contributed by atoms with Crippen LogP contribution in [0.1, 0.15) is 16.8 Å². The molecule has 0 aliphatic rings. The Morgan fingerprint density at radius 1 is 1.39 bits per heavy atom. The highest BCUT2D eigenvalue weighted by Gasteiger charge is 2.07. The van der Waals surface area contributed by atoms with Gasteiger partial charge in [0.15, 0.2) is 0 Å². The molecule has 0 heterocycles. The van der Waals surface area contributed by atoms with Crippen molar-refractivity contribution in [3.8, 4) is 0 Å². The molecule has 0 spiro atoms. The Hall–Kier alpha value is -1.12. The number of amides is 1. The molecule has 18 heavy (non-hydrogen) atoms. The van der Waals surface area contributed by atoms with E-state index in [0.29, 0.717) is 15.7 Å². The van der Waals surface area contributed by atoms with Gasteiger partial charge in [-0.2, -0.15) is 0 Å². The van der Waals surface area contributed by atoms with E-state index in [4.69, 9.17) is 10.9 Å². The highest BCUT2D eigenvalue weighted by Crippen LogP contribution is 2.19. The summed E-state index contributed by atoms with van der Waals surface area (Å²) in [5.74, 6) is -0.459. The van der Waals surface area contributed by atoms with Gasteiger partial charge in [-0.1, -0.05) is 0 Å². The second-order valence-electron chi connectivity index (χ2n) is 3.71. The predicted octanol–water partition coefficient (Wildman–Crippen LogP) is 0.440. The molecule has 8 heteroatoms. The van der Waals surface area contributed by atoms with Crippen LogP contribution in [0.15, 0.2) is 22.7 Å². The van der Waals surface area contributed by atoms with Gasteiger partial charge in [-0.15, -0.1) is 0 Å². The fourth-order valence-electron chi connectivity index (χ4n) is 1.26. The number of sulfonamides is 1. The van der Waals surface area contributed by atoms with Crippen molar-refractivity contribution < 1.29 is 13.2 Å². The largest absolute Gasteiger partial charge is 0.398 e. The Bertz CT molecular complexity index is 545. The van der Waals surface area contributed by atoms with E-state index in [1.807, 2.05) is 0 Å². The summed E-state index contributed by atoms with van der Waals surface area (Å²) in [7, 11) is -3.48. The molecule has 0 radical (unpaired) electrons. The monoisotopic (exact) mass is 335 g/mol. The number of nitrogens with two attached hydrogens (primary N) is 2. The molecule has 100 valence electrons. The first-order valence-electron chi connectivity index (χ1n) is 5.13. The van der Waals surface area contributed by atoms with Gasteiger partial charge in [0.25, 0.3) is 5.91 Å². The second kappa shape index (κ2) is 6.17. The number of carbonyl (C=O) groups is 1. The lowest BCUT2D eigenvalue weighted by Gasteiger charge is -2.06. The molecule has 6 nitrogen and oxygen atoms in total. The van der Waals surface area contributed by atoms with Gasteiger partial charge in [0.05, 0.1) is 5.75 Å². The van der Waals surface area contributed by atoms with Crippen LogP contribution in [0.4, 0.5) is 5.69 Å². The minimum absolute atomic E-state index is 0.157.